The molecule has 0 heterocycles. The number of halogens is 4. The number of anilines is 1. The second kappa shape index (κ2) is 7.05. The Morgan fingerprint density at radius 3 is 2.13 bits per heavy atom. The summed E-state index contributed by atoms with van der Waals surface area (Å²) >= 11 is 0. The Morgan fingerprint density at radius 1 is 1.00 bits per heavy atom. The molecule has 0 fully saturated rings. The molecule has 2 nitrogen and oxygen atoms in total. The maximum atomic E-state index is 13.1. The summed E-state index contributed by atoms with van der Waals surface area (Å²) in [6, 6.07) is 8.92. The van der Waals surface area contributed by atoms with Crippen LogP contribution in [0, 0.1) is 17.7 Å². The summed E-state index contributed by atoms with van der Waals surface area (Å²) < 4.78 is 56.9. The topological polar surface area (TPSA) is 21.3 Å². The monoisotopic (exact) mass is 323 g/mol. The summed E-state index contributed by atoms with van der Waals surface area (Å²) in [5, 5.41) is 2.32. The lowest BCUT2D eigenvalue weighted by Gasteiger charge is -2.17. The molecule has 0 aromatic heterocycles. The van der Waals surface area contributed by atoms with E-state index < -0.39 is 18.0 Å². The van der Waals surface area contributed by atoms with Gasteiger partial charge < -0.3 is 10.1 Å². The highest BCUT2D eigenvalue weighted by Gasteiger charge is 2.38. The number of nitrogens with one attached hydrogen (secondary N) is 1. The summed E-state index contributed by atoms with van der Waals surface area (Å²) in [5.74, 6) is 4.60. The third kappa shape index (κ3) is 4.92. The minimum absolute atomic E-state index is 0.265. The van der Waals surface area contributed by atoms with Crippen LogP contribution in [0.1, 0.15) is 5.56 Å². The van der Waals surface area contributed by atoms with Gasteiger partial charge in [-0.1, -0.05) is 11.8 Å². The largest absolute Gasteiger partial charge is 0.497 e. The van der Waals surface area contributed by atoms with Gasteiger partial charge in [-0.15, -0.1) is 0 Å². The van der Waals surface area contributed by atoms with Crippen LogP contribution in [0.2, 0.25) is 0 Å². The highest BCUT2D eigenvalue weighted by atomic mass is 19.4. The SMILES string of the molecule is COc1ccc(N[C@@H](C#Cc2ccc(F)cc2)C(F)(F)F)cc1. The Labute approximate surface area is 131 Å². The Hall–Kier alpha value is -2.68. The van der Waals surface area contributed by atoms with Crippen molar-refractivity contribution in [2.75, 3.05) is 12.4 Å². The zero-order chi connectivity index (χ0) is 16.9. The van der Waals surface area contributed by atoms with Crippen molar-refractivity contribution in [3.05, 3.63) is 59.9 Å². The molecule has 0 saturated heterocycles. The fraction of sp³-hybridized carbons (Fsp3) is 0.176. The van der Waals surface area contributed by atoms with Crippen LogP contribution >= 0.6 is 0 Å². The molecule has 0 aliphatic rings. The van der Waals surface area contributed by atoms with E-state index in [1.807, 2.05) is 0 Å². The normalized spacial score (nSPS) is 12.0. The van der Waals surface area contributed by atoms with Crippen molar-refractivity contribution in [3.8, 4) is 17.6 Å². The highest BCUT2D eigenvalue weighted by molar-refractivity contribution is 5.49. The molecule has 1 atom stereocenters. The van der Waals surface area contributed by atoms with E-state index in [1.54, 1.807) is 12.1 Å². The quantitative estimate of drug-likeness (QED) is 0.674. The lowest BCUT2D eigenvalue weighted by atomic mass is 10.2. The molecule has 0 spiro atoms. The first-order valence-electron chi connectivity index (χ1n) is 6.63. The zero-order valence-electron chi connectivity index (χ0n) is 12.1. The van der Waals surface area contributed by atoms with Gasteiger partial charge in [-0.05, 0) is 48.5 Å². The summed E-state index contributed by atoms with van der Waals surface area (Å²) in [6.45, 7) is 0. The standard InChI is InChI=1S/C17H13F4NO/c1-23-15-9-7-14(8-10-15)22-16(17(19,20)21)11-4-12-2-5-13(18)6-3-12/h2-3,5-10,16,22H,1H3/t16-/m0/s1. The van der Waals surface area contributed by atoms with E-state index >= 15 is 0 Å². The highest BCUT2D eigenvalue weighted by Crippen LogP contribution is 2.24. The van der Waals surface area contributed by atoms with E-state index in [1.165, 1.54) is 31.4 Å². The van der Waals surface area contributed by atoms with E-state index in [-0.39, 0.29) is 5.69 Å². The van der Waals surface area contributed by atoms with Gasteiger partial charge >= 0.3 is 6.18 Å². The summed E-state index contributed by atoms with van der Waals surface area (Å²) in [5.41, 5.74) is 0.568. The van der Waals surface area contributed by atoms with Crippen LogP contribution < -0.4 is 10.1 Å². The van der Waals surface area contributed by atoms with Crippen LogP contribution in [0.15, 0.2) is 48.5 Å². The second-order valence-electron chi connectivity index (χ2n) is 4.62. The second-order valence-corrected chi connectivity index (χ2v) is 4.62. The third-order valence-corrected chi connectivity index (χ3v) is 2.93. The molecule has 0 unspecified atom stereocenters. The molecule has 0 aliphatic carbocycles. The molecule has 2 aromatic carbocycles. The fourth-order valence-electron chi connectivity index (χ4n) is 1.74. The van der Waals surface area contributed by atoms with Crippen LogP contribution in [-0.4, -0.2) is 19.3 Å². The van der Waals surface area contributed by atoms with Crippen LogP contribution in [0.4, 0.5) is 23.2 Å². The van der Waals surface area contributed by atoms with Crippen LogP contribution in [0.5, 0.6) is 5.75 Å². The number of hydrogen-bond donors (Lipinski definition) is 1. The Morgan fingerprint density at radius 2 is 1.61 bits per heavy atom. The molecule has 120 valence electrons. The molecule has 0 aliphatic heterocycles. The van der Waals surface area contributed by atoms with Gasteiger partial charge in [0.15, 0.2) is 6.04 Å². The summed E-state index contributed by atoms with van der Waals surface area (Å²) in [7, 11) is 1.47. The smallest absolute Gasteiger partial charge is 0.420 e. The van der Waals surface area contributed by atoms with Crippen LogP contribution in [-0.2, 0) is 0 Å². The minimum atomic E-state index is -4.55. The number of alkyl halides is 3. The molecule has 0 radical (unpaired) electrons. The van der Waals surface area contributed by atoms with Gasteiger partial charge in [0.2, 0.25) is 0 Å². The average molecular weight is 323 g/mol. The van der Waals surface area contributed by atoms with Gasteiger partial charge in [-0.3, -0.25) is 0 Å². The molecule has 0 amide bonds. The number of benzene rings is 2. The molecular weight excluding hydrogens is 310 g/mol. The first-order valence-corrected chi connectivity index (χ1v) is 6.63. The summed E-state index contributed by atoms with van der Waals surface area (Å²) in [4.78, 5) is 0. The Balaban J connectivity index is 2.19. The molecular formula is C17H13F4NO. The van der Waals surface area contributed by atoms with Gasteiger partial charge in [-0.25, -0.2) is 4.39 Å². The predicted octanol–water partition coefficient (Wildman–Crippen LogP) is 4.23. The summed E-state index contributed by atoms with van der Waals surface area (Å²) in [6.07, 6.45) is -4.55. The predicted molar refractivity (Wildman–Crippen MR) is 79.7 cm³/mol. The van der Waals surface area contributed by atoms with Gasteiger partial charge in [0.25, 0.3) is 0 Å². The van der Waals surface area contributed by atoms with Crippen LogP contribution in [0.3, 0.4) is 0 Å². The maximum absolute atomic E-state index is 13.1. The molecule has 23 heavy (non-hydrogen) atoms. The zero-order valence-corrected chi connectivity index (χ0v) is 12.1. The van der Waals surface area contributed by atoms with Crippen molar-refractivity contribution >= 4 is 5.69 Å². The van der Waals surface area contributed by atoms with Gasteiger partial charge in [0.1, 0.15) is 11.6 Å². The fourth-order valence-corrected chi connectivity index (χ4v) is 1.74. The van der Waals surface area contributed by atoms with Crippen molar-refractivity contribution in [2.24, 2.45) is 0 Å². The minimum Gasteiger partial charge on any atom is -0.497 e. The third-order valence-electron chi connectivity index (χ3n) is 2.93. The number of hydrogen-bond acceptors (Lipinski definition) is 2. The lowest BCUT2D eigenvalue weighted by Crippen LogP contribution is -2.34. The molecule has 0 saturated carbocycles. The number of ether oxygens (including phenoxy) is 1. The molecule has 1 N–H and O–H groups in total. The van der Waals surface area contributed by atoms with E-state index in [4.69, 9.17) is 4.74 Å². The molecule has 2 aromatic rings. The first kappa shape index (κ1) is 16.7. The molecule has 0 bridgehead atoms. The van der Waals surface area contributed by atoms with Gasteiger partial charge in [0.05, 0.1) is 7.11 Å². The van der Waals surface area contributed by atoms with E-state index in [0.29, 0.717) is 11.3 Å². The van der Waals surface area contributed by atoms with Crippen LogP contribution in [0.25, 0.3) is 0 Å². The van der Waals surface area contributed by atoms with Crippen molar-refractivity contribution < 1.29 is 22.3 Å². The van der Waals surface area contributed by atoms with Crippen molar-refractivity contribution in [3.63, 3.8) is 0 Å². The maximum Gasteiger partial charge on any atom is 0.420 e. The molecule has 2 rings (SSSR count). The van der Waals surface area contributed by atoms with E-state index in [9.17, 15) is 17.6 Å². The number of methoxy groups -OCH3 is 1. The van der Waals surface area contributed by atoms with Crippen molar-refractivity contribution in [2.45, 2.75) is 12.2 Å². The average Bonchev–Trinajstić information content (AvgIpc) is 2.52. The van der Waals surface area contributed by atoms with E-state index in [2.05, 4.69) is 17.2 Å². The van der Waals surface area contributed by atoms with E-state index in [0.717, 1.165) is 12.1 Å². The Kier molecular flexibility index (Phi) is 5.12. The lowest BCUT2D eigenvalue weighted by molar-refractivity contribution is -0.130. The molecule has 6 heteroatoms. The van der Waals surface area contributed by atoms with Gasteiger partial charge in [-0.2, -0.15) is 13.2 Å². The van der Waals surface area contributed by atoms with Crippen molar-refractivity contribution in [1.82, 2.24) is 0 Å². The van der Waals surface area contributed by atoms with Crippen molar-refractivity contribution in [1.29, 1.82) is 0 Å². The number of rotatable bonds is 3. The first-order chi connectivity index (χ1) is 10.9. The Bertz CT molecular complexity index is 697. The van der Waals surface area contributed by atoms with Gasteiger partial charge in [0, 0.05) is 11.3 Å².